The van der Waals surface area contributed by atoms with Crippen LogP contribution in [0.1, 0.15) is 24.6 Å². The van der Waals surface area contributed by atoms with Crippen LogP contribution in [0.25, 0.3) is 10.9 Å². The molecule has 0 bridgehead atoms. The van der Waals surface area contributed by atoms with E-state index < -0.39 is 5.97 Å². The molecule has 0 aliphatic rings. The van der Waals surface area contributed by atoms with Crippen molar-refractivity contribution >= 4 is 16.9 Å². The average molecular weight is 247 g/mol. The molecule has 0 saturated heterocycles. The highest BCUT2D eigenvalue weighted by molar-refractivity contribution is 5.86. The first-order chi connectivity index (χ1) is 8.61. The summed E-state index contributed by atoms with van der Waals surface area (Å²) in [6.07, 6.45) is 0.672. The minimum atomic E-state index is -0.775. The summed E-state index contributed by atoms with van der Waals surface area (Å²) in [4.78, 5) is 13.9. The van der Waals surface area contributed by atoms with Gasteiger partial charge in [0.25, 0.3) is 0 Å². The van der Waals surface area contributed by atoms with Crippen molar-refractivity contribution < 1.29 is 14.6 Å². The average Bonchev–Trinajstić information content (AvgIpc) is 2.64. The Kier molecular flexibility index (Phi) is 3.55. The molecule has 18 heavy (non-hydrogen) atoms. The number of aromatic nitrogens is 1. The molecule has 4 nitrogen and oxygen atoms in total. The lowest BCUT2D eigenvalue weighted by atomic mass is 10.1. The van der Waals surface area contributed by atoms with Crippen molar-refractivity contribution in [3.63, 3.8) is 0 Å². The van der Waals surface area contributed by atoms with Crippen LogP contribution in [0.3, 0.4) is 0 Å². The second kappa shape index (κ2) is 5.12. The summed E-state index contributed by atoms with van der Waals surface area (Å²) in [5, 5.41) is 9.82. The number of benzene rings is 1. The topological polar surface area (TPSA) is 62.3 Å². The minimum Gasteiger partial charge on any atom is -0.494 e. The van der Waals surface area contributed by atoms with Crippen LogP contribution in [0, 0.1) is 6.92 Å². The van der Waals surface area contributed by atoms with Crippen molar-refractivity contribution in [2.45, 2.75) is 26.7 Å². The minimum absolute atomic E-state index is 0.145. The van der Waals surface area contributed by atoms with Crippen LogP contribution >= 0.6 is 0 Å². The lowest BCUT2D eigenvalue weighted by molar-refractivity contribution is -0.136. The molecule has 0 aliphatic heterocycles. The molecule has 0 saturated carbocycles. The monoisotopic (exact) mass is 247 g/mol. The maximum atomic E-state index is 10.6. The predicted octanol–water partition coefficient (Wildman–Crippen LogP) is 2.89. The molecule has 0 fully saturated rings. The van der Waals surface area contributed by atoms with Crippen LogP contribution in [0.15, 0.2) is 18.2 Å². The van der Waals surface area contributed by atoms with E-state index in [1.54, 1.807) is 0 Å². The molecule has 0 spiro atoms. The van der Waals surface area contributed by atoms with Crippen molar-refractivity contribution in [3.05, 3.63) is 29.5 Å². The number of hydrogen-bond acceptors (Lipinski definition) is 2. The SMILES string of the molecule is CCOc1ccc2[nH]c(CCC(=O)O)c(C)c2c1. The molecule has 1 heterocycles. The number of carboxylic acid groups (broad SMARTS) is 1. The van der Waals surface area contributed by atoms with Gasteiger partial charge < -0.3 is 14.8 Å². The van der Waals surface area contributed by atoms with E-state index in [1.807, 2.05) is 32.0 Å². The van der Waals surface area contributed by atoms with E-state index in [9.17, 15) is 4.79 Å². The Labute approximate surface area is 106 Å². The molecule has 96 valence electrons. The highest BCUT2D eigenvalue weighted by atomic mass is 16.5. The van der Waals surface area contributed by atoms with Crippen LogP contribution in [0.4, 0.5) is 0 Å². The second-order valence-electron chi connectivity index (χ2n) is 4.26. The van der Waals surface area contributed by atoms with Gasteiger partial charge in [-0.25, -0.2) is 0 Å². The number of nitrogens with one attached hydrogen (secondary N) is 1. The lowest BCUT2D eigenvalue weighted by Gasteiger charge is -2.02. The zero-order valence-electron chi connectivity index (χ0n) is 10.6. The van der Waals surface area contributed by atoms with Gasteiger partial charge >= 0.3 is 5.97 Å². The maximum absolute atomic E-state index is 10.6. The fourth-order valence-electron chi connectivity index (χ4n) is 2.10. The van der Waals surface area contributed by atoms with Gasteiger partial charge in [0.15, 0.2) is 0 Å². The van der Waals surface area contributed by atoms with E-state index in [0.717, 1.165) is 27.9 Å². The zero-order valence-corrected chi connectivity index (χ0v) is 10.6. The van der Waals surface area contributed by atoms with Crippen molar-refractivity contribution in [3.8, 4) is 5.75 Å². The Morgan fingerprint density at radius 3 is 2.89 bits per heavy atom. The van der Waals surface area contributed by atoms with Crippen molar-refractivity contribution in [2.75, 3.05) is 6.61 Å². The van der Waals surface area contributed by atoms with Gasteiger partial charge in [0.2, 0.25) is 0 Å². The van der Waals surface area contributed by atoms with E-state index in [2.05, 4.69) is 4.98 Å². The Morgan fingerprint density at radius 1 is 1.44 bits per heavy atom. The number of aliphatic carboxylic acids is 1. The Hall–Kier alpha value is -1.97. The molecule has 2 aromatic rings. The van der Waals surface area contributed by atoms with Gasteiger partial charge in [-0.1, -0.05) is 0 Å². The number of aromatic amines is 1. The molecule has 1 aromatic heterocycles. The number of fused-ring (bicyclic) bond motifs is 1. The third-order valence-corrected chi connectivity index (χ3v) is 3.03. The predicted molar refractivity (Wildman–Crippen MR) is 70.2 cm³/mol. The Morgan fingerprint density at radius 2 is 2.22 bits per heavy atom. The lowest BCUT2D eigenvalue weighted by Crippen LogP contribution is -1.98. The molecule has 0 atom stereocenters. The molecule has 1 aromatic carbocycles. The van der Waals surface area contributed by atoms with Gasteiger partial charge in [0.05, 0.1) is 13.0 Å². The summed E-state index contributed by atoms with van der Waals surface area (Å²) in [6.45, 7) is 4.60. The normalized spacial score (nSPS) is 10.8. The van der Waals surface area contributed by atoms with Crippen molar-refractivity contribution in [2.24, 2.45) is 0 Å². The summed E-state index contributed by atoms with van der Waals surface area (Å²) >= 11 is 0. The Balaban J connectivity index is 2.33. The number of H-pyrrole nitrogens is 1. The summed E-state index contributed by atoms with van der Waals surface area (Å²) < 4.78 is 5.47. The first-order valence-corrected chi connectivity index (χ1v) is 6.07. The fourth-order valence-corrected chi connectivity index (χ4v) is 2.10. The quantitative estimate of drug-likeness (QED) is 0.854. The molecule has 0 radical (unpaired) electrons. The van der Waals surface area contributed by atoms with E-state index >= 15 is 0 Å². The second-order valence-corrected chi connectivity index (χ2v) is 4.26. The van der Waals surface area contributed by atoms with Crippen molar-refractivity contribution in [1.29, 1.82) is 0 Å². The number of ether oxygens (including phenoxy) is 1. The van der Waals surface area contributed by atoms with Crippen LogP contribution in [0.2, 0.25) is 0 Å². The van der Waals surface area contributed by atoms with E-state index in [4.69, 9.17) is 9.84 Å². The largest absolute Gasteiger partial charge is 0.494 e. The third-order valence-electron chi connectivity index (χ3n) is 3.03. The highest BCUT2D eigenvalue weighted by Crippen LogP contribution is 2.26. The first-order valence-electron chi connectivity index (χ1n) is 6.07. The summed E-state index contributed by atoms with van der Waals surface area (Å²) in [7, 11) is 0. The van der Waals surface area contributed by atoms with Crippen LogP contribution in [-0.4, -0.2) is 22.7 Å². The van der Waals surface area contributed by atoms with Gasteiger partial charge in [-0.05, 0) is 44.0 Å². The summed E-state index contributed by atoms with van der Waals surface area (Å²) in [5.74, 6) is 0.0694. The van der Waals surface area contributed by atoms with E-state index in [0.29, 0.717) is 13.0 Å². The number of rotatable bonds is 5. The number of carboxylic acids is 1. The molecule has 0 amide bonds. The summed E-state index contributed by atoms with van der Waals surface area (Å²) in [6, 6.07) is 5.88. The molecule has 2 rings (SSSR count). The van der Waals surface area contributed by atoms with Gasteiger partial charge in [-0.2, -0.15) is 0 Å². The molecule has 4 heteroatoms. The highest BCUT2D eigenvalue weighted by Gasteiger charge is 2.09. The van der Waals surface area contributed by atoms with E-state index in [1.165, 1.54) is 0 Å². The Bertz CT molecular complexity index is 572. The molecular formula is C14H17NO3. The summed E-state index contributed by atoms with van der Waals surface area (Å²) in [5.41, 5.74) is 3.12. The zero-order chi connectivity index (χ0) is 13.1. The van der Waals surface area contributed by atoms with Gasteiger partial charge in [-0.3, -0.25) is 4.79 Å². The molecule has 0 unspecified atom stereocenters. The van der Waals surface area contributed by atoms with Gasteiger partial charge in [-0.15, -0.1) is 0 Å². The fraction of sp³-hybridized carbons (Fsp3) is 0.357. The van der Waals surface area contributed by atoms with Gasteiger partial charge in [0.1, 0.15) is 5.75 Å². The molecule has 2 N–H and O–H groups in total. The molecular weight excluding hydrogens is 230 g/mol. The van der Waals surface area contributed by atoms with Gasteiger partial charge in [0, 0.05) is 16.6 Å². The van der Waals surface area contributed by atoms with Crippen LogP contribution in [-0.2, 0) is 11.2 Å². The number of aryl methyl sites for hydroxylation is 2. The number of carbonyl (C=O) groups is 1. The van der Waals surface area contributed by atoms with Crippen LogP contribution in [0.5, 0.6) is 5.75 Å². The maximum Gasteiger partial charge on any atom is 0.303 e. The first kappa shape index (κ1) is 12.5. The molecule has 0 aliphatic carbocycles. The smallest absolute Gasteiger partial charge is 0.303 e. The van der Waals surface area contributed by atoms with Crippen molar-refractivity contribution in [1.82, 2.24) is 4.98 Å². The standard InChI is InChI=1S/C14H17NO3/c1-3-18-10-4-5-13-11(8-10)9(2)12(15-13)6-7-14(16)17/h4-5,8,15H,3,6-7H2,1-2H3,(H,16,17). The van der Waals surface area contributed by atoms with Crippen LogP contribution < -0.4 is 4.74 Å². The van der Waals surface area contributed by atoms with E-state index in [-0.39, 0.29) is 6.42 Å². The third kappa shape index (κ3) is 2.47. The number of hydrogen-bond donors (Lipinski definition) is 2.